The van der Waals surface area contributed by atoms with E-state index in [1.165, 1.54) is 0 Å². The van der Waals surface area contributed by atoms with E-state index >= 15 is 0 Å². The zero-order valence-electron chi connectivity index (χ0n) is 11.8. The van der Waals surface area contributed by atoms with Gasteiger partial charge in [-0.15, -0.1) is 0 Å². The van der Waals surface area contributed by atoms with Crippen LogP contribution in [0.3, 0.4) is 0 Å². The molecule has 0 atom stereocenters. The number of sulfonamides is 1. The Labute approximate surface area is 123 Å². The van der Waals surface area contributed by atoms with Crippen LogP contribution in [0.2, 0.25) is 0 Å². The average Bonchev–Trinajstić information content (AvgIpc) is 2.84. The zero-order chi connectivity index (χ0) is 15.7. The van der Waals surface area contributed by atoms with E-state index in [9.17, 15) is 17.2 Å². The topological polar surface area (TPSA) is 66.4 Å². The Morgan fingerprint density at radius 3 is 2.48 bits per heavy atom. The van der Waals surface area contributed by atoms with Crippen LogP contribution >= 0.6 is 0 Å². The molecule has 7 heteroatoms. The minimum absolute atomic E-state index is 0.122. The van der Waals surface area contributed by atoms with Crippen molar-refractivity contribution in [1.29, 1.82) is 0 Å². The minimum Gasteiger partial charge on any atom is -0.391 e. The molecule has 2 N–H and O–H groups in total. The van der Waals surface area contributed by atoms with Crippen LogP contribution in [0.4, 0.5) is 8.78 Å². The predicted octanol–water partition coefficient (Wildman–Crippen LogP) is 2.32. The third kappa shape index (κ3) is 3.41. The molecular formula is C14H19F2NO3S. The molecule has 21 heavy (non-hydrogen) atoms. The average molecular weight is 319 g/mol. The van der Waals surface area contributed by atoms with Crippen molar-refractivity contribution in [2.45, 2.75) is 44.1 Å². The summed E-state index contributed by atoms with van der Waals surface area (Å²) in [5.41, 5.74) is -0.756. The molecule has 0 heterocycles. The Hall–Kier alpha value is -1.05. The van der Waals surface area contributed by atoms with E-state index in [0.717, 1.165) is 37.8 Å². The molecule has 0 saturated heterocycles. The van der Waals surface area contributed by atoms with Gasteiger partial charge in [0.2, 0.25) is 10.0 Å². The Kier molecular flexibility index (Phi) is 4.65. The molecule has 4 nitrogen and oxygen atoms in total. The zero-order valence-corrected chi connectivity index (χ0v) is 12.6. The van der Waals surface area contributed by atoms with Crippen molar-refractivity contribution in [2.75, 3.05) is 6.54 Å². The molecule has 1 saturated carbocycles. The van der Waals surface area contributed by atoms with Crippen molar-refractivity contribution in [2.24, 2.45) is 5.41 Å². The van der Waals surface area contributed by atoms with E-state index < -0.39 is 38.7 Å². The molecule has 1 aliphatic carbocycles. The van der Waals surface area contributed by atoms with Crippen LogP contribution in [0.1, 0.15) is 38.2 Å². The van der Waals surface area contributed by atoms with Crippen LogP contribution in [0.5, 0.6) is 0 Å². The van der Waals surface area contributed by atoms with Gasteiger partial charge in [0, 0.05) is 6.54 Å². The normalized spacial score (nSPS) is 18.1. The van der Waals surface area contributed by atoms with Gasteiger partial charge in [-0.25, -0.2) is 21.9 Å². The summed E-state index contributed by atoms with van der Waals surface area (Å²) in [6.45, 7) is 1.32. The monoisotopic (exact) mass is 319 g/mol. The first-order valence-electron chi connectivity index (χ1n) is 6.86. The molecule has 0 aliphatic heterocycles. The van der Waals surface area contributed by atoms with Gasteiger partial charge in [0.15, 0.2) is 5.82 Å². The van der Waals surface area contributed by atoms with Crippen LogP contribution in [0.25, 0.3) is 0 Å². The van der Waals surface area contributed by atoms with Crippen LogP contribution in [-0.4, -0.2) is 20.1 Å². The summed E-state index contributed by atoms with van der Waals surface area (Å²) in [6.07, 6.45) is 3.95. The smallest absolute Gasteiger partial charge is 0.243 e. The molecular weight excluding hydrogens is 300 g/mol. The van der Waals surface area contributed by atoms with Gasteiger partial charge in [0.1, 0.15) is 10.7 Å². The number of aliphatic hydroxyl groups excluding tert-OH is 1. The molecule has 1 aliphatic rings. The lowest BCUT2D eigenvalue weighted by atomic mass is 9.89. The van der Waals surface area contributed by atoms with Crippen molar-refractivity contribution in [3.63, 3.8) is 0 Å². The molecule has 1 aromatic rings. The van der Waals surface area contributed by atoms with Gasteiger partial charge < -0.3 is 5.11 Å². The number of hydrogen-bond acceptors (Lipinski definition) is 3. The van der Waals surface area contributed by atoms with E-state index in [-0.39, 0.29) is 12.0 Å². The summed E-state index contributed by atoms with van der Waals surface area (Å²) in [7, 11) is -4.07. The summed E-state index contributed by atoms with van der Waals surface area (Å²) < 4.78 is 54.1. The minimum atomic E-state index is -4.07. The molecule has 0 amide bonds. The maximum absolute atomic E-state index is 14.0. The molecule has 0 spiro atoms. The van der Waals surface area contributed by atoms with Gasteiger partial charge in [-0.1, -0.05) is 19.8 Å². The molecule has 1 aromatic carbocycles. The lowest BCUT2D eigenvalue weighted by molar-refractivity contribution is 0.267. The fourth-order valence-corrected chi connectivity index (χ4v) is 3.98. The van der Waals surface area contributed by atoms with E-state index in [2.05, 4.69) is 4.72 Å². The number of rotatable bonds is 5. The number of halogens is 2. The number of nitrogens with one attached hydrogen (secondary N) is 1. The Morgan fingerprint density at radius 2 is 1.90 bits per heavy atom. The van der Waals surface area contributed by atoms with Crippen LogP contribution in [0, 0.1) is 17.0 Å². The molecule has 0 radical (unpaired) electrons. The summed E-state index contributed by atoms with van der Waals surface area (Å²) in [5, 5.41) is 8.94. The van der Waals surface area contributed by atoms with Crippen LogP contribution in [0.15, 0.2) is 17.0 Å². The molecule has 0 bridgehead atoms. The Balaban J connectivity index is 2.24. The molecule has 118 valence electrons. The van der Waals surface area contributed by atoms with Gasteiger partial charge in [0.25, 0.3) is 0 Å². The van der Waals surface area contributed by atoms with E-state index in [0.29, 0.717) is 0 Å². The van der Waals surface area contributed by atoms with Crippen molar-refractivity contribution < 1.29 is 22.3 Å². The first-order chi connectivity index (χ1) is 9.79. The highest BCUT2D eigenvalue weighted by molar-refractivity contribution is 7.89. The van der Waals surface area contributed by atoms with E-state index in [4.69, 9.17) is 5.11 Å². The number of hydrogen-bond donors (Lipinski definition) is 2. The largest absolute Gasteiger partial charge is 0.391 e. The maximum atomic E-state index is 14.0. The Bertz CT molecular complexity index is 625. The van der Waals surface area contributed by atoms with Gasteiger partial charge in [0.05, 0.1) is 12.2 Å². The fourth-order valence-electron chi connectivity index (χ4n) is 2.68. The molecule has 2 rings (SSSR count). The highest BCUT2D eigenvalue weighted by Gasteiger charge is 2.31. The second-order valence-electron chi connectivity index (χ2n) is 5.84. The summed E-state index contributed by atoms with van der Waals surface area (Å²) in [5.74, 6) is -2.20. The predicted molar refractivity (Wildman–Crippen MR) is 74.0 cm³/mol. The van der Waals surface area contributed by atoms with Crippen LogP contribution in [-0.2, 0) is 16.6 Å². The van der Waals surface area contributed by atoms with Gasteiger partial charge in [-0.3, -0.25) is 0 Å². The van der Waals surface area contributed by atoms with E-state index in [1.54, 1.807) is 0 Å². The van der Waals surface area contributed by atoms with Crippen molar-refractivity contribution >= 4 is 10.0 Å². The first-order valence-corrected chi connectivity index (χ1v) is 8.35. The molecule has 0 unspecified atom stereocenters. The molecule has 0 aromatic heterocycles. The highest BCUT2D eigenvalue weighted by atomic mass is 32.2. The van der Waals surface area contributed by atoms with Crippen molar-refractivity contribution in [3.8, 4) is 0 Å². The summed E-state index contributed by atoms with van der Waals surface area (Å²) >= 11 is 0. The van der Waals surface area contributed by atoms with Gasteiger partial charge in [-0.2, -0.15) is 0 Å². The van der Waals surface area contributed by atoms with Crippen molar-refractivity contribution in [3.05, 3.63) is 29.3 Å². The third-order valence-corrected chi connectivity index (χ3v) is 5.52. The quantitative estimate of drug-likeness (QED) is 0.875. The lowest BCUT2D eigenvalue weighted by Gasteiger charge is -2.23. The molecule has 1 fully saturated rings. The number of benzene rings is 1. The fraction of sp³-hybridized carbons (Fsp3) is 0.571. The lowest BCUT2D eigenvalue weighted by Crippen LogP contribution is -2.34. The second kappa shape index (κ2) is 5.98. The maximum Gasteiger partial charge on any atom is 0.243 e. The third-order valence-electron chi connectivity index (χ3n) is 4.10. The highest BCUT2D eigenvalue weighted by Crippen LogP contribution is 2.37. The SMILES string of the molecule is CC1(CNS(=O)(=O)c2ccc(F)c(CO)c2F)CCCC1. The standard InChI is InChI=1S/C14H19F2NO3S/c1-14(6-2-3-7-14)9-17-21(19,20)12-5-4-11(15)10(8-18)13(12)16/h4-5,17-18H,2-3,6-9H2,1H3. The van der Waals surface area contributed by atoms with Gasteiger partial charge >= 0.3 is 0 Å². The number of aliphatic hydroxyl groups is 1. The second-order valence-corrected chi connectivity index (χ2v) is 7.57. The first kappa shape index (κ1) is 16.3. The van der Waals surface area contributed by atoms with Crippen molar-refractivity contribution in [1.82, 2.24) is 4.72 Å². The van der Waals surface area contributed by atoms with E-state index in [1.807, 2.05) is 6.92 Å². The van der Waals surface area contributed by atoms with Gasteiger partial charge in [-0.05, 0) is 30.4 Å². The Morgan fingerprint density at radius 1 is 1.29 bits per heavy atom. The summed E-state index contributed by atoms with van der Waals surface area (Å²) in [4.78, 5) is -0.630. The van der Waals surface area contributed by atoms with Crippen LogP contribution < -0.4 is 4.72 Å². The summed E-state index contributed by atoms with van der Waals surface area (Å²) in [6, 6.07) is 1.73.